The summed E-state index contributed by atoms with van der Waals surface area (Å²) in [4.78, 5) is 21.9. The van der Waals surface area contributed by atoms with Gasteiger partial charge in [-0.3, -0.25) is 4.79 Å². The minimum Gasteiger partial charge on any atom is -0.481 e. The molecule has 6 nitrogen and oxygen atoms in total. The quantitative estimate of drug-likeness (QED) is 0.496. The van der Waals surface area contributed by atoms with E-state index in [2.05, 4.69) is 26.6 Å². The fourth-order valence-electron chi connectivity index (χ4n) is 1.92. The normalized spacial score (nSPS) is 11.7. The minimum atomic E-state index is -0.879. The van der Waals surface area contributed by atoms with Gasteiger partial charge in [-0.05, 0) is 24.5 Å². The van der Waals surface area contributed by atoms with Gasteiger partial charge in [0.15, 0.2) is 0 Å². The summed E-state index contributed by atoms with van der Waals surface area (Å²) in [5.74, 6) is -0.959. The summed E-state index contributed by atoms with van der Waals surface area (Å²) < 4.78 is 0.978. The predicted octanol–water partition coefficient (Wildman–Crippen LogP) is 1.76. The van der Waals surface area contributed by atoms with Crippen molar-refractivity contribution in [2.75, 3.05) is 19.7 Å². The molecule has 0 aromatic heterocycles. The standard InChI is InChI=1S/C15H21BrN2O4/c16-13-5-2-1-4-12(13)8-11(10-19)9-18-15(22)17-7-3-6-14(20)21/h1-2,4-5,11,19H,3,6-10H2,(H,20,21)(H2,17,18,22). The summed E-state index contributed by atoms with van der Waals surface area (Å²) in [6.07, 6.45) is 1.07. The maximum atomic E-state index is 11.6. The van der Waals surface area contributed by atoms with Gasteiger partial charge in [0, 0.05) is 36.5 Å². The van der Waals surface area contributed by atoms with Gasteiger partial charge in [0.2, 0.25) is 0 Å². The van der Waals surface area contributed by atoms with Crippen molar-refractivity contribution in [2.45, 2.75) is 19.3 Å². The molecule has 122 valence electrons. The first-order valence-electron chi connectivity index (χ1n) is 7.10. The molecule has 0 spiro atoms. The van der Waals surface area contributed by atoms with E-state index < -0.39 is 5.97 Å². The van der Waals surface area contributed by atoms with Crippen LogP contribution in [0, 0.1) is 5.92 Å². The molecule has 1 aromatic carbocycles. The van der Waals surface area contributed by atoms with Crippen LogP contribution in [-0.2, 0) is 11.2 Å². The number of carbonyl (C=O) groups is 2. The minimum absolute atomic E-state index is 0.0272. The van der Waals surface area contributed by atoms with Crippen LogP contribution in [0.4, 0.5) is 4.79 Å². The highest BCUT2D eigenvalue weighted by Crippen LogP contribution is 2.19. The van der Waals surface area contributed by atoms with Crippen molar-refractivity contribution in [3.8, 4) is 0 Å². The fraction of sp³-hybridized carbons (Fsp3) is 0.467. The average Bonchev–Trinajstić information content (AvgIpc) is 2.49. The van der Waals surface area contributed by atoms with E-state index in [0.29, 0.717) is 25.9 Å². The second kappa shape index (κ2) is 10.2. The monoisotopic (exact) mass is 372 g/mol. The molecule has 0 radical (unpaired) electrons. The molecular weight excluding hydrogens is 352 g/mol. The van der Waals surface area contributed by atoms with Crippen LogP contribution in [0.2, 0.25) is 0 Å². The van der Waals surface area contributed by atoms with Crippen molar-refractivity contribution in [1.82, 2.24) is 10.6 Å². The lowest BCUT2D eigenvalue weighted by molar-refractivity contribution is -0.137. The number of benzene rings is 1. The molecule has 0 fully saturated rings. The Bertz CT molecular complexity index is 496. The van der Waals surface area contributed by atoms with Crippen molar-refractivity contribution >= 4 is 27.9 Å². The first-order chi connectivity index (χ1) is 10.5. The summed E-state index contributed by atoms with van der Waals surface area (Å²) in [6.45, 7) is 0.634. The predicted molar refractivity (Wildman–Crippen MR) is 86.7 cm³/mol. The van der Waals surface area contributed by atoms with Gasteiger partial charge in [-0.2, -0.15) is 0 Å². The number of carbonyl (C=O) groups excluding carboxylic acids is 1. The third kappa shape index (κ3) is 7.42. The number of carboxylic acids is 1. The Morgan fingerprint density at radius 2 is 1.95 bits per heavy atom. The molecule has 1 rings (SSSR count). The molecule has 22 heavy (non-hydrogen) atoms. The summed E-state index contributed by atoms with van der Waals surface area (Å²) in [7, 11) is 0. The number of nitrogens with one attached hydrogen (secondary N) is 2. The molecule has 0 saturated carbocycles. The number of aliphatic hydroxyl groups is 1. The molecule has 7 heteroatoms. The van der Waals surface area contributed by atoms with Crippen molar-refractivity contribution in [3.63, 3.8) is 0 Å². The van der Waals surface area contributed by atoms with E-state index in [1.807, 2.05) is 24.3 Å². The third-order valence-electron chi connectivity index (χ3n) is 3.13. The zero-order valence-corrected chi connectivity index (χ0v) is 13.8. The van der Waals surface area contributed by atoms with Crippen LogP contribution in [0.25, 0.3) is 0 Å². The number of urea groups is 1. The lowest BCUT2D eigenvalue weighted by Gasteiger charge is -2.16. The number of aliphatic carboxylic acids is 1. The summed E-state index contributed by atoms with van der Waals surface area (Å²) >= 11 is 3.46. The van der Waals surface area contributed by atoms with Gasteiger partial charge in [-0.15, -0.1) is 0 Å². The molecule has 0 aliphatic rings. The van der Waals surface area contributed by atoms with Crippen LogP contribution < -0.4 is 10.6 Å². The van der Waals surface area contributed by atoms with Crippen LogP contribution in [0.5, 0.6) is 0 Å². The second-order valence-electron chi connectivity index (χ2n) is 4.98. The van der Waals surface area contributed by atoms with Crippen LogP contribution in [0.1, 0.15) is 18.4 Å². The number of hydrogen-bond donors (Lipinski definition) is 4. The Balaban J connectivity index is 2.30. The number of carboxylic acid groups (broad SMARTS) is 1. The Labute approximate surface area is 138 Å². The molecule has 4 N–H and O–H groups in total. The van der Waals surface area contributed by atoms with Gasteiger partial charge in [0.05, 0.1) is 0 Å². The van der Waals surface area contributed by atoms with Gasteiger partial charge in [-0.25, -0.2) is 4.79 Å². The molecular formula is C15H21BrN2O4. The maximum absolute atomic E-state index is 11.6. The largest absolute Gasteiger partial charge is 0.481 e. The van der Waals surface area contributed by atoms with E-state index in [1.165, 1.54) is 0 Å². The van der Waals surface area contributed by atoms with E-state index in [4.69, 9.17) is 5.11 Å². The third-order valence-corrected chi connectivity index (χ3v) is 3.90. The summed E-state index contributed by atoms with van der Waals surface area (Å²) in [5.41, 5.74) is 1.07. The SMILES string of the molecule is O=C(O)CCCNC(=O)NCC(CO)Cc1ccccc1Br. The van der Waals surface area contributed by atoms with Gasteiger partial charge in [0.25, 0.3) is 0 Å². The van der Waals surface area contributed by atoms with Crippen LogP contribution >= 0.6 is 15.9 Å². The summed E-state index contributed by atoms with van der Waals surface area (Å²) in [5, 5.41) is 23.2. The first kappa shape index (κ1) is 18.4. The average molecular weight is 373 g/mol. The van der Waals surface area contributed by atoms with Gasteiger partial charge < -0.3 is 20.8 Å². The van der Waals surface area contributed by atoms with E-state index in [9.17, 15) is 14.7 Å². The zero-order valence-electron chi connectivity index (χ0n) is 12.2. The molecule has 0 aliphatic carbocycles. The smallest absolute Gasteiger partial charge is 0.314 e. The lowest BCUT2D eigenvalue weighted by atomic mass is 10.0. The highest BCUT2D eigenvalue weighted by Gasteiger charge is 2.12. The topological polar surface area (TPSA) is 98.7 Å². The molecule has 0 heterocycles. The van der Waals surface area contributed by atoms with Gasteiger partial charge in [0.1, 0.15) is 0 Å². The number of aliphatic hydroxyl groups excluding tert-OH is 1. The first-order valence-corrected chi connectivity index (χ1v) is 7.90. The number of hydrogen-bond acceptors (Lipinski definition) is 3. The van der Waals surface area contributed by atoms with E-state index in [0.717, 1.165) is 10.0 Å². The highest BCUT2D eigenvalue weighted by atomic mass is 79.9. The van der Waals surface area contributed by atoms with Gasteiger partial charge >= 0.3 is 12.0 Å². The Hall–Kier alpha value is -1.60. The zero-order chi connectivity index (χ0) is 16.4. The number of halogens is 1. The summed E-state index contributed by atoms with van der Waals surface area (Å²) in [6, 6.07) is 7.41. The molecule has 1 unspecified atom stereocenters. The van der Waals surface area contributed by atoms with E-state index >= 15 is 0 Å². The highest BCUT2D eigenvalue weighted by molar-refractivity contribution is 9.10. The molecule has 0 saturated heterocycles. The Morgan fingerprint density at radius 3 is 2.59 bits per heavy atom. The number of amides is 2. The molecule has 0 bridgehead atoms. The lowest BCUT2D eigenvalue weighted by Crippen LogP contribution is -2.39. The van der Waals surface area contributed by atoms with Crippen molar-refractivity contribution in [2.24, 2.45) is 5.92 Å². The Kier molecular flexibility index (Phi) is 8.54. The van der Waals surface area contributed by atoms with Crippen molar-refractivity contribution in [1.29, 1.82) is 0 Å². The molecule has 0 aliphatic heterocycles. The number of rotatable bonds is 9. The Morgan fingerprint density at radius 1 is 1.23 bits per heavy atom. The van der Waals surface area contributed by atoms with Crippen LogP contribution in [-0.4, -0.2) is 41.9 Å². The van der Waals surface area contributed by atoms with E-state index in [-0.39, 0.29) is 25.0 Å². The fourth-order valence-corrected chi connectivity index (χ4v) is 2.36. The van der Waals surface area contributed by atoms with Crippen molar-refractivity contribution < 1.29 is 19.8 Å². The van der Waals surface area contributed by atoms with Gasteiger partial charge in [-0.1, -0.05) is 34.1 Å². The van der Waals surface area contributed by atoms with Crippen molar-refractivity contribution in [3.05, 3.63) is 34.3 Å². The van der Waals surface area contributed by atoms with E-state index in [1.54, 1.807) is 0 Å². The van der Waals surface area contributed by atoms with Crippen LogP contribution in [0.3, 0.4) is 0 Å². The second-order valence-corrected chi connectivity index (χ2v) is 5.83. The maximum Gasteiger partial charge on any atom is 0.314 e. The molecule has 2 amide bonds. The molecule has 1 atom stereocenters. The molecule has 1 aromatic rings. The van der Waals surface area contributed by atoms with Crippen LogP contribution in [0.15, 0.2) is 28.7 Å².